The lowest BCUT2D eigenvalue weighted by Gasteiger charge is -2.12. The molecule has 96 valence electrons. The molecule has 0 fully saturated rings. The zero-order valence-corrected chi connectivity index (χ0v) is 13.3. The number of rotatable bonds is 4. The van der Waals surface area contributed by atoms with Crippen LogP contribution in [0.25, 0.3) is 0 Å². The van der Waals surface area contributed by atoms with Crippen molar-refractivity contribution in [2.75, 3.05) is 6.26 Å². The standard InChI is InChI=1S/C13H15ClN2S2/c1-5-8(2)13(17-4)18-12-9(3)16-7-10(6-15)11(12)14/h7H,5H2,1-4H3. The van der Waals surface area contributed by atoms with E-state index in [0.717, 1.165) is 17.0 Å². The minimum absolute atomic E-state index is 0.430. The van der Waals surface area contributed by atoms with Crippen molar-refractivity contribution < 1.29 is 0 Å². The molecule has 0 spiro atoms. The molecular formula is C13H15ClN2S2. The quantitative estimate of drug-likeness (QED) is 0.732. The highest BCUT2D eigenvalue weighted by Crippen LogP contribution is 2.41. The first-order valence-corrected chi connectivity index (χ1v) is 7.93. The van der Waals surface area contributed by atoms with Crippen LogP contribution in [0.3, 0.4) is 0 Å². The molecule has 1 aromatic heterocycles. The Hall–Kier alpha value is -0.630. The van der Waals surface area contributed by atoms with Crippen LogP contribution in [0.4, 0.5) is 0 Å². The molecule has 0 aliphatic carbocycles. The molecule has 0 aliphatic rings. The van der Waals surface area contributed by atoms with Gasteiger partial charge in [-0.05, 0) is 26.5 Å². The van der Waals surface area contributed by atoms with Crippen LogP contribution in [0, 0.1) is 18.3 Å². The van der Waals surface area contributed by atoms with Gasteiger partial charge in [0.25, 0.3) is 0 Å². The van der Waals surface area contributed by atoms with E-state index in [1.807, 2.05) is 13.2 Å². The summed E-state index contributed by atoms with van der Waals surface area (Å²) < 4.78 is 1.22. The Morgan fingerprint density at radius 3 is 2.72 bits per heavy atom. The highest BCUT2D eigenvalue weighted by Gasteiger charge is 2.14. The lowest BCUT2D eigenvalue weighted by atomic mass is 10.3. The summed E-state index contributed by atoms with van der Waals surface area (Å²) in [5.41, 5.74) is 2.61. The molecule has 0 aromatic carbocycles. The first-order chi connectivity index (χ1) is 8.54. The SMILES string of the molecule is CCC(C)=C(SC)Sc1c(C)ncc(C#N)c1Cl. The minimum atomic E-state index is 0.430. The maximum absolute atomic E-state index is 8.98. The molecule has 0 N–H and O–H groups in total. The van der Waals surface area contributed by atoms with Gasteiger partial charge in [-0.2, -0.15) is 5.26 Å². The number of nitriles is 1. The van der Waals surface area contributed by atoms with Gasteiger partial charge < -0.3 is 0 Å². The molecule has 0 saturated carbocycles. The van der Waals surface area contributed by atoms with Crippen LogP contribution in [-0.2, 0) is 0 Å². The van der Waals surface area contributed by atoms with Gasteiger partial charge >= 0.3 is 0 Å². The van der Waals surface area contributed by atoms with Gasteiger partial charge in [-0.1, -0.05) is 35.9 Å². The zero-order valence-electron chi connectivity index (χ0n) is 10.9. The van der Waals surface area contributed by atoms with E-state index in [1.54, 1.807) is 23.5 Å². The van der Waals surface area contributed by atoms with Gasteiger partial charge in [0.05, 0.1) is 21.2 Å². The largest absolute Gasteiger partial charge is 0.259 e. The van der Waals surface area contributed by atoms with Crippen LogP contribution in [-0.4, -0.2) is 11.2 Å². The second-order valence-corrected chi connectivity index (χ2v) is 6.21. The fraction of sp³-hybridized carbons (Fsp3) is 0.385. The number of hydrogen-bond donors (Lipinski definition) is 0. The Morgan fingerprint density at radius 2 is 2.22 bits per heavy atom. The number of halogens is 1. The fourth-order valence-corrected chi connectivity index (χ4v) is 3.62. The first-order valence-electron chi connectivity index (χ1n) is 5.51. The van der Waals surface area contributed by atoms with Gasteiger partial charge in [0.1, 0.15) is 6.07 Å². The zero-order chi connectivity index (χ0) is 13.7. The number of hydrogen-bond acceptors (Lipinski definition) is 4. The van der Waals surface area contributed by atoms with Crippen LogP contribution in [0.2, 0.25) is 5.02 Å². The topological polar surface area (TPSA) is 36.7 Å². The summed E-state index contributed by atoms with van der Waals surface area (Å²) in [5.74, 6) is 0. The van der Waals surface area contributed by atoms with Crippen LogP contribution in [0.1, 0.15) is 31.5 Å². The Bertz CT molecular complexity index is 518. The van der Waals surface area contributed by atoms with Gasteiger partial charge in [-0.25, -0.2) is 0 Å². The maximum Gasteiger partial charge on any atom is 0.102 e. The summed E-state index contributed by atoms with van der Waals surface area (Å²) in [4.78, 5) is 5.11. The summed E-state index contributed by atoms with van der Waals surface area (Å²) in [6.07, 6.45) is 4.58. The van der Waals surface area contributed by atoms with E-state index < -0.39 is 0 Å². The molecule has 0 unspecified atom stereocenters. The first kappa shape index (κ1) is 15.4. The minimum Gasteiger partial charge on any atom is -0.259 e. The van der Waals surface area contributed by atoms with Crippen LogP contribution in [0.15, 0.2) is 20.9 Å². The summed E-state index contributed by atoms with van der Waals surface area (Å²) in [6, 6.07) is 2.07. The molecule has 0 aliphatic heterocycles. The van der Waals surface area contributed by atoms with Gasteiger partial charge in [0.2, 0.25) is 0 Å². The third-order valence-corrected chi connectivity index (χ3v) is 5.74. The lowest BCUT2D eigenvalue weighted by molar-refractivity contribution is 1.10. The molecule has 0 amide bonds. The van der Waals surface area contributed by atoms with Crippen molar-refractivity contribution in [3.8, 4) is 6.07 Å². The van der Waals surface area contributed by atoms with Gasteiger partial charge in [-0.3, -0.25) is 4.98 Å². The van der Waals surface area contributed by atoms with Crippen LogP contribution < -0.4 is 0 Å². The highest BCUT2D eigenvalue weighted by molar-refractivity contribution is 8.22. The van der Waals surface area contributed by atoms with Crippen molar-refractivity contribution in [1.82, 2.24) is 4.98 Å². The predicted molar refractivity (Wildman–Crippen MR) is 81.1 cm³/mol. The van der Waals surface area contributed by atoms with Crippen molar-refractivity contribution in [3.05, 3.63) is 32.3 Å². The monoisotopic (exact) mass is 298 g/mol. The van der Waals surface area contributed by atoms with E-state index in [4.69, 9.17) is 16.9 Å². The van der Waals surface area contributed by atoms with E-state index >= 15 is 0 Å². The molecule has 0 bridgehead atoms. The number of thioether (sulfide) groups is 2. The normalized spacial score (nSPS) is 12.0. The number of pyridine rings is 1. The summed E-state index contributed by atoms with van der Waals surface area (Å²) in [5, 5.41) is 9.48. The Morgan fingerprint density at radius 1 is 1.56 bits per heavy atom. The molecule has 1 aromatic rings. The number of aromatic nitrogens is 1. The third-order valence-electron chi connectivity index (χ3n) is 2.53. The van der Waals surface area contributed by atoms with E-state index in [2.05, 4.69) is 24.9 Å². The summed E-state index contributed by atoms with van der Waals surface area (Å²) in [7, 11) is 0. The molecule has 5 heteroatoms. The molecule has 18 heavy (non-hydrogen) atoms. The summed E-state index contributed by atoms with van der Waals surface area (Å²) in [6.45, 7) is 6.16. The van der Waals surface area contributed by atoms with Crippen molar-refractivity contribution >= 4 is 35.1 Å². The molecule has 2 nitrogen and oxygen atoms in total. The number of allylic oxidation sites excluding steroid dienone is 1. The Labute approximate surface area is 122 Å². The molecular weight excluding hydrogens is 284 g/mol. The Kier molecular flexibility index (Phi) is 6.07. The molecule has 1 heterocycles. The molecule has 1 rings (SSSR count). The molecule has 0 saturated heterocycles. The Balaban J connectivity index is 3.23. The van der Waals surface area contributed by atoms with Crippen molar-refractivity contribution in [2.45, 2.75) is 32.1 Å². The molecule has 0 radical (unpaired) electrons. The summed E-state index contributed by atoms with van der Waals surface area (Å²) >= 11 is 9.55. The average molecular weight is 299 g/mol. The van der Waals surface area contributed by atoms with E-state index in [0.29, 0.717) is 10.6 Å². The van der Waals surface area contributed by atoms with Crippen LogP contribution in [0.5, 0.6) is 0 Å². The lowest BCUT2D eigenvalue weighted by Crippen LogP contribution is -1.91. The van der Waals surface area contributed by atoms with E-state index in [-0.39, 0.29) is 0 Å². The van der Waals surface area contributed by atoms with E-state index in [9.17, 15) is 0 Å². The smallest absolute Gasteiger partial charge is 0.102 e. The van der Waals surface area contributed by atoms with Crippen molar-refractivity contribution in [2.24, 2.45) is 0 Å². The van der Waals surface area contributed by atoms with Gasteiger partial charge in [-0.15, -0.1) is 11.8 Å². The molecule has 0 atom stereocenters. The predicted octanol–water partition coefficient (Wildman–Crippen LogP) is 5.01. The maximum atomic E-state index is 8.98. The van der Waals surface area contributed by atoms with Gasteiger partial charge in [0, 0.05) is 10.4 Å². The number of aryl methyl sites for hydroxylation is 1. The highest BCUT2D eigenvalue weighted by atomic mass is 35.5. The van der Waals surface area contributed by atoms with Crippen molar-refractivity contribution in [3.63, 3.8) is 0 Å². The number of nitrogens with zero attached hydrogens (tertiary/aromatic N) is 2. The van der Waals surface area contributed by atoms with Crippen molar-refractivity contribution in [1.29, 1.82) is 5.26 Å². The second-order valence-electron chi connectivity index (χ2n) is 3.74. The van der Waals surface area contributed by atoms with Crippen LogP contribution >= 0.6 is 35.1 Å². The average Bonchev–Trinajstić information content (AvgIpc) is 2.38. The van der Waals surface area contributed by atoms with E-state index in [1.165, 1.54) is 16.0 Å². The third kappa shape index (κ3) is 3.44. The van der Waals surface area contributed by atoms with Gasteiger partial charge in [0.15, 0.2) is 0 Å². The second kappa shape index (κ2) is 7.08. The fourth-order valence-electron chi connectivity index (χ4n) is 1.29.